The number of unbranched alkanes of at least 4 members (excludes halogenated alkanes) is 1. The summed E-state index contributed by atoms with van der Waals surface area (Å²) in [6.45, 7) is 2.63. The van der Waals surface area contributed by atoms with Gasteiger partial charge in [-0.1, -0.05) is 34.1 Å². The van der Waals surface area contributed by atoms with Gasteiger partial charge in [-0.05, 0) is 37.9 Å². The van der Waals surface area contributed by atoms with E-state index in [0.29, 0.717) is 13.0 Å². The van der Waals surface area contributed by atoms with Crippen molar-refractivity contribution in [2.24, 2.45) is 5.73 Å². The standard InChI is InChI=1S/C13H19BrN2O/c1-10(11-6-2-3-7-12(11)14)16-13(17)8-4-5-9-15/h2-3,6-7,10H,4-5,8-9,15H2,1H3,(H,16,17). The second kappa shape index (κ2) is 7.45. The van der Waals surface area contributed by atoms with Crippen LogP contribution < -0.4 is 11.1 Å². The molecule has 1 aromatic rings. The van der Waals surface area contributed by atoms with E-state index in [-0.39, 0.29) is 11.9 Å². The van der Waals surface area contributed by atoms with Gasteiger partial charge < -0.3 is 11.1 Å². The summed E-state index contributed by atoms with van der Waals surface area (Å²) in [7, 11) is 0. The molecular formula is C13H19BrN2O. The van der Waals surface area contributed by atoms with Gasteiger partial charge in [0.05, 0.1) is 6.04 Å². The molecule has 1 aromatic carbocycles. The monoisotopic (exact) mass is 298 g/mol. The highest BCUT2D eigenvalue weighted by Gasteiger charge is 2.11. The van der Waals surface area contributed by atoms with Crippen molar-refractivity contribution in [3.8, 4) is 0 Å². The molecule has 1 unspecified atom stereocenters. The molecule has 0 fully saturated rings. The highest BCUT2D eigenvalue weighted by molar-refractivity contribution is 9.10. The van der Waals surface area contributed by atoms with Crippen molar-refractivity contribution in [3.05, 3.63) is 34.3 Å². The molecule has 0 bridgehead atoms. The Morgan fingerprint density at radius 3 is 2.76 bits per heavy atom. The molecule has 0 aromatic heterocycles. The van der Waals surface area contributed by atoms with Crippen LogP contribution in [0.2, 0.25) is 0 Å². The van der Waals surface area contributed by atoms with Crippen LogP contribution in [0.4, 0.5) is 0 Å². The van der Waals surface area contributed by atoms with Crippen LogP contribution in [-0.2, 0) is 4.79 Å². The number of hydrogen-bond acceptors (Lipinski definition) is 2. The Morgan fingerprint density at radius 1 is 1.41 bits per heavy atom. The fourth-order valence-electron chi connectivity index (χ4n) is 1.65. The molecule has 1 rings (SSSR count). The Kier molecular flexibility index (Phi) is 6.22. The van der Waals surface area contributed by atoms with E-state index >= 15 is 0 Å². The smallest absolute Gasteiger partial charge is 0.220 e. The lowest BCUT2D eigenvalue weighted by Gasteiger charge is -2.15. The van der Waals surface area contributed by atoms with Crippen molar-refractivity contribution < 1.29 is 4.79 Å². The summed E-state index contributed by atoms with van der Waals surface area (Å²) in [6.07, 6.45) is 2.30. The van der Waals surface area contributed by atoms with Gasteiger partial charge in [-0.2, -0.15) is 0 Å². The minimum absolute atomic E-state index is 0.0240. The first kappa shape index (κ1) is 14.2. The first-order valence-electron chi connectivity index (χ1n) is 5.89. The topological polar surface area (TPSA) is 55.1 Å². The van der Waals surface area contributed by atoms with Gasteiger partial charge >= 0.3 is 0 Å². The average Bonchev–Trinajstić information content (AvgIpc) is 2.29. The molecule has 3 N–H and O–H groups in total. The highest BCUT2D eigenvalue weighted by atomic mass is 79.9. The van der Waals surface area contributed by atoms with Crippen molar-refractivity contribution in [2.75, 3.05) is 6.54 Å². The molecule has 94 valence electrons. The van der Waals surface area contributed by atoms with Crippen LogP contribution in [0.3, 0.4) is 0 Å². The Balaban J connectivity index is 2.46. The number of nitrogens with two attached hydrogens (primary N) is 1. The van der Waals surface area contributed by atoms with Crippen molar-refractivity contribution in [2.45, 2.75) is 32.2 Å². The van der Waals surface area contributed by atoms with E-state index in [9.17, 15) is 4.79 Å². The van der Waals surface area contributed by atoms with Crippen LogP contribution >= 0.6 is 15.9 Å². The lowest BCUT2D eigenvalue weighted by atomic mass is 10.1. The Bertz CT molecular complexity index is 368. The number of halogens is 1. The molecule has 0 aliphatic carbocycles. The fraction of sp³-hybridized carbons (Fsp3) is 0.462. The Labute approximate surface area is 111 Å². The van der Waals surface area contributed by atoms with E-state index in [1.807, 2.05) is 31.2 Å². The van der Waals surface area contributed by atoms with Crippen LogP contribution in [0.1, 0.15) is 37.8 Å². The van der Waals surface area contributed by atoms with E-state index in [1.54, 1.807) is 0 Å². The maximum Gasteiger partial charge on any atom is 0.220 e. The first-order chi connectivity index (χ1) is 8.15. The summed E-state index contributed by atoms with van der Waals surface area (Å²) in [4.78, 5) is 11.6. The van der Waals surface area contributed by atoms with Gasteiger partial charge in [0, 0.05) is 10.9 Å². The molecule has 0 aliphatic rings. The maximum absolute atomic E-state index is 11.6. The predicted molar refractivity (Wildman–Crippen MR) is 73.6 cm³/mol. The lowest BCUT2D eigenvalue weighted by molar-refractivity contribution is -0.121. The zero-order valence-corrected chi connectivity index (χ0v) is 11.7. The van der Waals surface area contributed by atoms with E-state index in [4.69, 9.17) is 5.73 Å². The maximum atomic E-state index is 11.6. The SMILES string of the molecule is CC(NC(=O)CCCCN)c1ccccc1Br. The summed E-state index contributed by atoms with van der Waals surface area (Å²) in [5.74, 6) is 0.0849. The normalized spacial score (nSPS) is 12.2. The number of rotatable bonds is 6. The quantitative estimate of drug-likeness (QED) is 0.794. The molecule has 1 atom stereocenters. The Morgan fingerprint density at radius 2 is 2.12 bits per heavy atom. The number of carbonyl (C=O) groups excluding carboxylic acids is 1. The molecule has 4 heteroatoms. The molecule has 1 amide bonds. The summed E-state index contributed by atoms with van der Waals surface area (Å²) in [6, 6.07) is 7.94. The third-order valence-corrected chi connectivity index (χ3v) is 3.33. The van der Waals surface area contributed by atoms with Gasteiger partial charge in [-0.25, -0.2) is 0 Å². The van der Waals surface area contributed by atoms with Gasteiger partial charge in [0.1, 0.15) is 0 Å². The van der Waals surface area contributed by atoms with Crippen LogP contribution in [0, 0.1) is 0 Å². The zero-order valence-electron chi connectivity index (χ0n) is 10.1. The van der Waals surface area contributed by atoms with Crippen molar-refractivity contribution in [1.82, 2.24) is 5.32 Å². The van der Waals surface area contributed by atoms with Crippen molar-refractivity contribution in [3.63, 3.8) is 0 Å². The van der Waals surface area contributed by atoms with E-state index in [2.05, 4.69) is 21.2 Å². The second-order valence-electron chi connectivity index (χ2n) is 4.06. The van der Waals surface area contributed by atoms with E-state index < -0.39 is 0 Å². The summed E-state index contributed by atoms with van der Waals surface area (Å²) >= 11 is 3.48. The number of benzene rings is 1. The van der Waals surface area contributed by atoms with E-state index in [0.717, 1.165) is 22.9 Å². The van der Waals surface area contributed by atoms with Gasteiger partial charge in [0.2, 0.25) is 5.91 Å². The fourth-order valence-corrected chi connectivity index (χ4v) is 2.28. The summed E-state index contributed by atoms with van der Waals surface area (Å²) < 4.78 is 1.02. The zero-order chi connectivity index (χ0) is 12.7. The number of carbonyl (C=O) groups is 1. The second-order valence-corrected chi connectivity index (χ2v) is 4.91. The molecule has 3 nitrogen and oxygen atoms in total. The molecule has 0 saturated heterocycles. The van der Waals surface area contributed by atoms with Crippen molar-refractivity contribution >= 4 is 21.8 Å². The van der Waals surface area contributed by atoms with Crippen LogP contribution in [-0.4, -0.2) is 12.5 Å². The molecule has 0 radical (unpaired) electrons. The highest BCUT2D eigenvalue weighted by Crippen LogP contribution is 2.22. The Hall–Kier alpha value is -0.870. The predicted octanol–water partition coefficient (Wildman–Crippen LogP) is 2.76. The van der Waals surface area contributed by atoms with Crippen LogP contribution in [0.25, 0.3) is 0 Å². The third-order valence-electron chi connectivity index (χ3n) is 2.61. The summed E-state index contributed by atoms with van der Waals surface area (Å²) in [5.41, 5.74) is 6.49. The summed E-state index contributed by atoms with van der Waals surface area (Å²) in [5, 5.41) is 2.99. The third kappa shape index (κ3) is 4.88. The van der Waals surface area contributed by atoms with E-state index in [1.165, 1.54) is 0 Å². The largest absolute Gasteiger partial charge is 0.350 e. The van der Waals surface area contributed by atoms with Crippen molar-refractivity contribution in [1.29, 1.82) is 0 Å². The molecule has 0 saturated carbocycles. The van der Waals surface area contributed by atoms with Gasteiger partial charge in [-0.15, -0.1) is 0 Å². The van der Waals surface area contributed by atoms with Gasteiger partial charge in [0.15, 0.2) is 0 Å². The first-order valence-corrected chi connectivity index (χ1v) is 6.68. The van der Waals surface area contributed by atoms with Gasteiger partial charge in [0.25, 0.3) is 0 Å². The molecule has 0 heterocycles. The van der Waals surface area contributed by atoms with Gasteiger partial charge in [-0.3, -0.25) is 4.79 Å². The minimum atomic E-state index is 0.0240. The minimum Gasteiger partial charge on any atom is -0.350 e. The number of nitrogens with one attached hydrogen (secondary N) is 1. The lowest BCUT2D eigenvalue weighted by Crippen LogP contribution is -2.26. The number of hydrogen-bond donors (Lipinski definition) is 2. The van der Waals surface area contributed by atoms with Crippen LogP contribution in [0.5, 0.6) is 0 Å². The van der Waals surface area contributed by atoms with Crippen LogP contribution in [0.15, 0.2) is 28.7 Å². The molecule has 0 spiro atoms. The number of amides is 1. The molecule has 0 aliphatic heterocycles. The molecular weight excluding hydrogens is 280 g/mol. The molecule has 17 heavy (non-hydrogen) atoms. The average molecular weight is 299 g/mol.